The Kier molecular flexibility index (Phi) is 1.06. The van der Waals surface area contributed by atoms with Gasteiger partial charge in [-0.2, -0.15) is 0 Å². The average Bonchev–Trinajstić information content (AvgIpc) is 2.15. The van der Waals surface area contributed by atoms with Crippen molar-refractivity contribution in [3.05, 3.63) is 11.0 Å². The summed E-state index contributed by atoms with van der Waals surface area (Å²) in [6.45, 7) is 0.792. The fraction of sp³-hybridized carbons (Fsp3) is 0.600. The average molecular weight is 129 g/mol. The molecule has 1 atom stereocenters. The fourth-order valence-electron chi connectivity index (χ4n) is 0.910. The highest BCUT2D eigenvalue weighted by Crippen LogP contribution is 2.29. The van der Waals surface area contributed by atoms with Crippen molar-refractivity contribution in [2.75, 3.05) is 12.5 Å². The lowest BCUT2D eigenvalue weighted by Crippen LogP contribution is -2.22. The summed E-state index contributed by atoms with van der Waals surface area (Å²) in [6.07, 6.45) is 2.38. The normalized spacial score (nSPS) is 35.0. The van der Waals surface area contributed by atoms with Crippen LogP contribution >= 0.6 is 11.8 Å². The molecule has 1 saturated heterocycles. The van der Waals surface area contributed by atoms with Gasteiger partial charge >= 0.3 is 0 Å². The van der Waals surface area contributed by atoms with Gasteiger partial charge in [0.2, 0.25) is 0 Å². The SMILES string of the molecule is C1=C2SCNC2OC1. The predicted octanol–water partition coefficient (Wildman–Crippen LogP) is 0.520. The third kappa shape index (κ3) is 0.589. The summed E-state index contributed by atoms with van der Waals surface area (Å²) >= 11 is 1.84. The molecule has 0 amide bonds. The predicted molar refractivity (Wildman–Crippen MR) is 33.4 cm³/mol. The van der Waals surface area contributed by atoms with Gasteiger partial charge in [-0.25, -0.2) is 0 Å². The molecule has 2 heterocycles. The van der Waals surface area contributed by atoms with Crippen LogP contribution in [-0.4, -0.2) is 18.7 Å². The van der Waals surface area contributed by atoms with Crippen LogP contribution in [-0.2, 0) is 4.74 Å². The van der Waals surface area contributed by atoms with Gasteiger partial charge in [-0.05, 0) is 6.08 Å². The highest BCUT2D eigenvalue weighted by Gasteiger charge is 2.24. The van der Waals surface area contributed by atoms with Gasteiger partial charge in [0.05, 0.1) is 6.61 Å². The molecule has 8 heavy (non-hydrogen) atoms. The van der Waals surface area contributed by atoms with Gasteiger partial charge in [-0.15, -0.1) is 11.8 Å². The first-order valence-electron chi connectivity index (χ1n) is 2.65. The Hall–Kier alpha value is 0.01000. The van der Waals surface area contributed by atoms with Crippen molar-refractivity contribution in [2.24, 2.45) is 0 Å². The second kappa shape index (κ2) is 1.76. The Balaban J connectivity index is 2.20. The van der Waals surface area contributed by atoms with Crippen LogP contribution in [0.4, 0.5) is 0 Å². The van der Waals surface area contributed by atoms with Crippen LogP contribution in [0.15, 0.2) is 11.0 Å². The zero-order valence-electron chi connectivity index (χ0n) is 4.39. The molecule has 0 aromatic rings. The van der Waals surface area contributed by atoms with Crippen molar-refractivity contribution < 1.29 is 4.74 Å². The number of ether oxygens (including phenoxy) is 1. The number of thioether (sulfide) groups is 1. The maximum Gasteiger partial charge on any atom is 0.141 e. The first-order valence-corrected chi connectivity index (χ1v) is 3.63. The third-order valence-corrected chi connectivity index (χ3v) is 2.34. The molecule has 1 unspecified atom stereocenters. The van der Waals surface area contributed by atoms with Crippen molar-refractivity contribution in [2.45, 2.75) is 6.23 Å². The molecule has 1 fully saturated rings. The Bertz CT molecular complexity index is 134. The Morgan fingerprint density at radius 2 is 2.88 bits per heavy atom. The molecule has 2 aliphatic rings. The molecule has 1 N–H and O–H groups in total. The molecule has 0 bridgehead atoms. The van der Waals surface area contributed by atoms with Gasteiger partial charge in [0.15, 0.2) is 0 Å². The lowest BCUT2D eigenvalue weighted by molar-refractivity contribution is 0.108. The number of nitrogens with one attached hydrogen (secondary N) is 1. The number of hydrogen-bond acceptors (Lipinski definition) is 3. The molecule has 0 spiro atoms. The minimum absolute atomic E-state index is 0.250. The van der Waals surface area contributed by atoms with E-state index < -0.39 is 0 Å². The van der Waals surface area contributed by atoms with Crippen molar-refractivity contribution in [1.82, 2.24) is 5.32 Å². The number of hydrogen-bond donors (Lipinski definition) is 1. The highest BCUT2D eigenvalue weighted by atomic mass is 32.2. The van der Waals surface area contributed by atoms with Crippen molar-refractivity contribution in [3.8, 4) is 0 Å². The lowest BCUT2D eigenvalue weighted by atomic mass is 10.5. The molecule has 0 radical (unpaired) electrons. The number of fused-ring (bicyclic) bond motifs is 1. The Labute approximate surface area is 52.3 Å². The highest BCUT2D eigenvalue weighted by molar-refractivity contribution is 8.03. The second-order valence-corrected chi connectivity index (χ2v) is 2.86. The van der Waals surface area contributed by atoms with E-state index in [4.69, 9.17) is 4.74 Å². The Morgan fingerprint density at radius 1 is 1.88 bits per heavy atom. The van der Waals surface area contributed by atoms with Gasteiger partial charge in [-0.3, -0.25) is 5.32 Å². The van der Waals surface area contributed by atoms with E-state index in [1.165, 1.54) is 4.91 Å². The van der Waals surface area contributed by atoms with E-state index in [-0.39, 0.29) is 6.23 Å². The molecule has 0 aromatic carbocycles. The molecule has 2 nitrogen and oxygen atoms in total. The van der Waals surface area contributed by atoms with Crippen LogP contribution in [0.5, 0.6) is 0 Å². The van der Waals surface area contributed by atoms with E-state index in [0.29, 0.717) is 0 Å². The summed E-state index contributed by atoms with van der Waals surface area (Å²) < 4.78 is 5.25. The quantitative estimate of drug-likeness (QED) is 0.515. The van der Waals surface area contributed by atoms with Crippen LogP contribution < -0.4 is 5.32 Å². The molecular formula is C5H7NOS. The second-order valence-electron chi connectivity index (χ2n) is 1.81. The molecule has 2 rings (SSSR count). The maximum absolute atomic E-state index is 5.25. The molecule has 0 saturated carbocycles. The van der Waals surface area contributed by atoms with E-state index in [0.717, 1.165) is 12.5 Å². The summed E-state index contributed by atoms with van der Waals surface area (Å²) in [5.41, 5.74) is 0. The topological polar surface area (TPSA) is 21.3 Å². The standard InChI is InChI=1S/C5H7NOS/c1-2-7-5-4(1)8-3-6-5/h1,5-6H,2-3H2. The maximum atomic E-state index is 5.25. The van der Waals surface area contributed by atoms with Gasteiger partial charge < -0.3 is 4.74 Å². The van der Waals surface area contributed by atoms with Crippen LogP contribution in [0.1, 0.15) is 0 Å². The van der Waals surface area contributed by atoms with Gasteiger partial charge in [0.25, 0.3) is 0 Å². The number of rotatable bonds is 0. The van der Waals surface area contributed by atoms with Gasteiger partial charge in [-0.1, -0.05) is 0 Å². The van der Waals surface area contributed by atoms with Crippen molar-refractivity contribution >= 4 is 11.8 Å². The molecule has 0 aromatic heterocycles. The summed E-state index contributed by atoms with van der Waals surface area (Å²) in [7, 11) is 0. The minimum atomic E-state index is 0.250. The smallest absolute Gasteiger partial charge is 0.141 e. The van der Waals surface area contributed by atoms with Gasteiger partial charge in [0.1, 0.15) is 6.23 Å². The molecule has 0 aliphatic carbocycles. The zero-order chi connectivity index (χ0) is 5.40. The zero-order valence-corrected chi connectivity index (χ0v) is 5.20. The third-order valence-electron chi connectivity index (χ3n) is 1.31. The summed E-state index contributed by atoms with van der Waals surface area (Å²) in [5.74, 6) is 1.01. The van der Waals surface area contributed by atoms with E-state index in [1.807, 2.05) is 11.8 Å². The summed E-state index contributed by atoms with van der Waals surface area (Å²) in [5, 5.41) is 3.19. The lowest BCUT2D eigenvalue weighted by Gasteiger charge is -2.01. The van der Waals surface area contributed by atoms with Crippen LogP contribution in [0.3, 0.4) is 0 Å². The monoisotopic (exact) mass is 129 g/mol. The minimum Gasteiger partial charge on any atom is -0.354 e. The van der Waals surface area contributed by atoms with E-state index >= 15 is 0 Å². The van der Waals surface area contributed by atoms with E-state index in [9.17, 15) is 0 Å². The van der Waals surface area contributed by atoms with Gasteiger partial charge in [0, 0.05) is 10.8 Å². The largest absolute Gasteiger partial charge is 0.354 e. The van der Waals surface area contributed by atoms with E-state index in [2.05, 4.69) is 11.4 Å². The fourth-order valence-corrected chi connectivity index (χ4v) is 1.80. The molecule has 2 aliphatic heterocycles. The molecule has 44 valence electrons. The van der Waals surface area contributed by atoms with Crippen molar-refractivity contribution in [1.29, 1.82) is 0 Å². The first kappa shape index (κ1) is 4.85. The van der Waals surface area contributed by atoms with Crippen molar-refractivity contribution in [3.63, 3.8) is 0 Å². The summed E-state index contributed by atoms with van der Waals surface area (Å²) in [6, 6.07) is 0. The first-order chi connectivity index (χ1) is 3.97. The van der Waals surface area contributed by atoms with Crippen LogP contribution in [0.2, 0.25) is 0 Å². The van der Waals surface area contributed by atoms with Crippen LogP contribution in [0.25, 0.3) is 0 Å². The Morgan fingerprint density at radius 3 is 3.75 bits per heavy atom. The molecule has 3 heteroatoms. The van der Waals surface area contributed by atoms with E-state index in [1.54, 1.807) is 0 Å². The van der Waals surface area contributed by atoms with Crippen LogP contribution in [0, 0.1) is 0 Å². The molecular weight excluding hydrogens is 122 g/mol. The summed E-state index contributed by atoms with van der Waals surface area (Å²) in [4.78, 5) is 1.37.